The van der Waals surface area contributed by atoms with Gasteiger partial charge in [-0.05, 0) is 19.3 Å². The predicted molar refractivity (Wildman–Crippen MR) is 77.5 cm³/mol. The van der Waals surface area contributed by atoms with Crippen LogP contribution in [0.1, 0.15) is 39.8 Å². The summed E-state index contributed by atoms with van der Waals surface area (Å²) in [7, 11) is 0. The summed E-state index contributed by atoms with van der Waals surface area (Å²) >= 11 is 0. The zero-order valence-corrected chi connectivity index (χ0v) is 12.3. The van der Waals surface area contributed by atoms with Crippen molar-refractivity contribution in [3.8, 4) is 0 Å². The number of aromatic nitrogens is 4. The number of hydrogen-bond donors (Lipinski definition) is 0. The first-order valence-corrected chi connectivity index (χ1v) is 7.14. The van der Waals surface area contributed by atoms with Crippen LogP contribution in [0.15, 0.2) is 12.4 Å². The summed E-state index contributed by atoms with van der Waals surface area (Å²) in [4.78, 5) is 11.1. The maximum atomic E-state index is 4.49. The maximum Gasteiger partial charge on any atom is 0.254 e. The number of anilines is 1. The summed E-state index contributed by atoms with van der Waals surface area (Å²) < 4.78 is 1.84. The molecule has 0 fully saturated rings. The van der Waals surface area contributed by atoms with Crippen molar-refractivity contribution in [1.29, 1.82) is 0 Å². The standard InChI is InChI=1S/C14H23N5/c1-5-11(4)9-18(7-3)13-8-12(6-2)17-14-15-10-16-19(13)14/h8,10-11H,5-7,9H2,1-4H3. The van der Waals surface area contributed by atoms with Crippen molar-refractivity contribution in [3.05, 3.63) is 18.1 Å². The Morgan fingerprint density at radius 1 is 1.32 bits per heavy atom. The molecule has 0 spiro atoms. The second-order valence-corrected chi connectivity index (χ2v) is 4.98. The fourth-order valence-corrected chi connectivity index (χ4v) is 2.14. The van der Waals surface area contributed by atoms with E-state index in [0.717, 1.165) is 31.0 Å². The number of aryl methyl sites for hydroxylation is 1. The SMILES string of the molecule is CCc1cc(N(CC)CC(C)CC)n2ncnc2n1. The topological polar surface area (TPSA) is 46.3 Å². The van der Waals surface area contributed by atoms with Gasteiger partial charge in [-0.3, -0.25) is 0 Å². The molecule has 2 aromatic rings. The fourth-order valence-electron chi connectivity index (χ4n) is 2.14. The third-order valence-electron chi connectivity index (χ3n) is 3.58. The van der Waals surface area contributed by atoms with Crippen molar-refractivity contribution in [2.45, 2.75) is 40.5 Å². The summed E-state index contributed by atoms with van der Waals surface area (Å²) in [6.45, 7) is 10.8. The largest absolute Gasteiger partial charge is 0.356 e. The van der Waals surface area contributed by atoms with Gasteiger partial charge >= 0.3 is 0 Å². The van der Waals surface area contributed by atoms with Gasteiger partial charge in [0.25, 0.3) is 5.78 Å². The van der Waals surface area contributed by atoms with Crippen molar-refractivity contribution in [1.82, 2.24) is 19.6 Å². The first-order chi connectivity index (χ1) is 9.19. The van der Waals surface area contributed by atoms with Crippen LogP contribution >= 0.6 is 0 Å². The van der Waals surface area contributed by atoms with Crippen LogP contribution in [0.25, 0.3) is 5.78 Å². The third-order valence-corrected chi connectivity index (χ3v) is 3.58. The van der Waals surface area contributed by atoms with E-state index in [1.807, 2.05) is 4.52 Å². The first-order valence-electron chi connectivity index (χ1n) is 7.14. The average Bonchev–Trinajstić information content (AvgIpc) is 2.91. The zero-order valence-electron chi connectivity index (χ0n) is 12.3. The maximum absolute atomic E-state index is 4.49. The lowest BCUT2D eigenvalue weighted by Gasteiger charge is -2.26. The molecule has 0 saturated heterocycles. The van der Waals surface area contributed by atoms with Crippen molar-refractivity contribution in [2.24, 2.45) is 5.92 Å². The van der Waals surface area contributed by atoms with Gasteiger partial charge in [0, 0.05) is 24.8 Å². The Labute approximate surface area is 114 Å². The summed E-state index contributed by atoms with van der Waals surface area (Å²) in [6.07, 6.45) is 3.67. The predicted octanol–water partition coefficient (Wildman–Crippen LogP) is 2.56. The Balaban J connectivity index is 2.42. The molecule has 0 radical (unpaired) electrons. The van der Waals surface area contributed by atoms with E-state index < -0.39 is 0 Å². The summed E-state index contributed by atoms with van der Waals surface area (Å²) in [5, 5.41) is 4.30. The van der Waals surface area contributed by atoms with E-state index in [2.05, 4.69) is 53.7 Å². The lowest BCUT2D eigenvalue weighted by Crippen LogP contribution is -2.30. The van der Waals surface area contributed by atoms with E-state index in [-0.39, 0.29) is 0 Å². The quantitative estimate of drug-likeness (QED) is 0.801. The van der Waals surface area contributed by atoms with Crippen LogP contribution in [0.4, 0.5) is 5.82 Å². The number of rotatable bonds is 6. The van der Waals surface area contributed by atoms with E-state index >= 15 is 0 Å². The second kappa shape index (κ2) is 5.99. The molecular formula is C14H23N5. The Morgan fingerprint density at radius 3 is 2.74 bits per heavy atom. The molecule has 0 aromatic carbocycles. The molecule has 0 saturated carbocycles. The van der Waals surface area contributed by atoms with Gasteiger partial charge in [-0.1, -0.05) is 27.2 Å². The van der Waals surface area contributed by atoms with E-state index in [1.165, 1.54) is 6.42 Å². The molecule has 0 bridgehead atoms. The van der Waals surface area contributed by atoms with E-state index in [0.29, 0.717) is 11.7 Å². The highest BCUT2D eigenvalue weighted by atomic mass is 15.4. The highest BCUT2D eigenvalue weighted by molar-refractivity contribution is 5.47. The van der Waals surface area contributed by atoms with Crippen LogP contribution in [0.3, 0.4) is 0 Å². The van der Waals surface area contributed by atoms with Crippen LogP contribution < -0.4 is 4.90 Å². The molecule has 0 aliphatic carbocycles. The molecule has 1 unspecified atom stereocenters. The molecule has 19 heavy (non-hydrogen) atoms. The Kier molecular flexibility index (Phi) is 4.35. The smallest absolute Gasteiger partial charge is 0.254 e. The highest BCUT2D eigenvalue weighted by Gasteiger charge is 2.14. The minimum atomic E-state index is 0.664. The van der Waals surface area contributed by atoms with Crippen LogP contribution in [0.2, 0.25) is 0 Å². The molecule has 0 aliphatic heterocycles. The zero-order chi connectivity index (χ0) is 13.8. The monoisotopic (exact) mass is 261 g/mol. The third kappa shape index (κ3) is 2.85. The van der Waals surface area contributed by atoms with E-state index in [9.17, 15) is 0 Å². The van der Waals surface area contributed by atoms with Crippen molar-refractivity contribution >= 4 is 11.6 Å². The molecule has 2 rings (SSSR count). The van der Waals surface area contributed by atoms with E-state index in [1.54, 1.807) is 6.33 Å². The number of fused-ring (bicyclic) bond motifs is 1. The second-order valence-electron chi connectivity index (χ2n) is 4.98. The molecule has 2 aromatic heterocycles. The van der Waals surface area contributed by atoms with Crippen LogP contribution in [0, 0.1) is 5.92 Å². The number of nitrogens with zero attached hydrogens (tertiary/aromatic N) is 5. The van der Waals surface area contributed by atoms with Crippen molar-refractivity contribution in [2.75, 3.05) is 18.0 Å². The molecular weight excluding hydrogens is 238 g/mol. The van der Waals surface area contributed by atoms with Crippen molar-refractivity contribution < 1.29 is 0 Å². The molecule has 0 aliphatic rings. The Bertz CT molecular complexity index is 534. The lowest BCUT2D eigenvalue weighted by molar-refractivity contribution is 0.542. The number of hydrogen-bond acceptors (Lipinski definition) is 4. The minimum Gasteiger partial charge on any atom is -0.356 e. The Morgan fingerprint density at radius 2 is 2.11 bits per heavy atom. The molecule has 0 N–H and O–H groups in total. The van der Waals surface area contributed by atoms with Gasteiger partial charge in [0.1, 0.15) is 12.1 Å². The normalized spacial score (nSPS) is 12.8. The first kappa shape index (κ1) is 13.8. The summed E-state index contributed by atoms with van der Waals surface area (Å²) in [5.41, 5.74) is 1.07. The van der Waals surface area contributed by atoms with Gasteiger partial charge in [0.05, 0.1) is 0 Å². The molecule has 5 nitrogen and oxygen atoms in total. The van der Waals surface area contributed by atoms with Gasteiger partial charge in [-0.25, -0.2) is 4.98 Å². The summed E-state index contributed by atoms with van der Waals surface area (Å²) in [6, 6.07) is 2.13. The highest BCUT2D eigenvalue weighted by Crippen LogP contribution is 2.18. The molecule has 5 heteroatoms. The van der Waals surface area contributed by atoms with Crippen LogP contribution in [-0.4, -0.2) is 32.7 Å². The van der Waals surface area contributed by atoms with Gasteiger partial charge in [0.2, 0.25) is 0 Å². The van der Waals surface area contributed by atoms with Gasteiger partial charge in [-0.15, -0.1) is 0 Å². The summed E-state index contributed by atoms with van der Waals surface area (Å²) in [5.74, 6) is 2.45. The molecule has 1 atom stereocenters. The lowest BCUT2D eigenvalue weighted by atomic mass is 10.1. The van der Waals surface area contributed by atoms with Gasteiger partial charge in [0.15, 0.2) is 0 Å². The Hall–Kier alpha value is -1.65. The molecule has 104 valence electrons. The minimum absolute atomic E-state index is 0.664. The van der Waals surface area contributed by atoms with Crippen LogP contribution in [-0.2, 0) is 6.42 Å². The van der Waals surface area contributed by atoms with Crippen LogP contribution in [0.5, 0.6) is 0 Å². The molecule has 2 heterocycles. The van der Waals surface area contributed by atoms with Gasteiger partial charge in [-0.2, -0.15) is 14.6 Å². The average molecular weight is 261 g/mol. The fraction of sp³-hybridized carbons (Fsp3) is 0.643. The van der Waals surface area contributed by atoms with Crippen molar-refractivity contribution in [3.63, 3.8) is 0 Å². The van der Waals surface area contributed by atoms with E-state index in [4.69, 9.17) is 0 Å². The molecule has 0 amide bonds. The van der Waals surface area contributed by atoms with Gasteiger partial charge < -0.3 is 4.90 Å².